The van der Waals surface area contributed by atoms with Crippen molar-refractivity contribution in [3.8, 4) is 5.75 Å². The fourth-order valence-corrected chi connectivity index (χ4v) is 2.04. The number of hydrogen-bond acceptors (Lipinski definition) is 5. The predicted molar refractivity (Wildman–Crippen MR) is 91.5 cm³/mol. The number of rotatable bonds is 8. The first kappa shape index (κ1) is 17.6. The summed E-state index contributed by atoms with van der Waals surface area (Å²) in [6.45, 7) is 0.555. The number of carbonyl (C=O) groups excluding carboxylic acids is 1. The molecule has 8 heteroatoms. The Morgan fingerprint density at radius 3 is 2.54 bits per heavy atom. The number of nitrogens with zero attached hydrogens (tertiary/aromatic N) is 1. The summed E-state index contributed by atoms with van der Waals surface area (Å²) in [5.74, 6) is 0.266. The molecule has 0 atom stereocenters. The molecule has 0 aliphatic rings. The molecule has 0 fully saturated rings. The molecule has 0 saturated carbocycles. The minimum atomic E-state index is -0.457. The fourth-order valence-electron chi connectivity index (χ4n) is 1.91. The van der Waals surface area contributed by atoms with Crippen LogP contribution < -0.4 is 15.4 Å². The van der Waals surface area contributed by atoms with Crippen molar-refractivity contribution >= 4 is 28.9 Å². The second-order valence-corrected chi connectivity index (χ2v) is 5.23. The number of ether oxygens (including phenoxy) is 1. The molecular formula is C16H16ClN3O4. The second-order valence-electron chi connectivity index (χ2n) is 4.79. The van der Waals surface area contributed by atoms with Gasteiger partial charge in [0.15, 0.2) is 6.61 Å². The highest BCUT2D eigenvalue weighted by atomic mass is 35.5. The SMILES string of the molecule is O=C(COc1ccc(Cl)cc1)NCCNc1ccccc1[N+](=O)[O-]. The van der Waals surface area contributed by atoms with Gasteiger partial charge in [0, 0.05) is 24.2 Å². The number of benzene rings is 2. The summed E-state index contributed by atoms with van der Waals surface area (Å²) >= 11 is 5.76. The van der Waals surface area contributed by atoms with Crippen molar-refractivity contribution in [1.29, 1.82) is 0 Å². The topological polar surface area (TPSA) is 93.5 Å². The number of nitro groups is 1. The van der Waals surface area contributed by atoms with Gasteiger partial charge in [-0.1, -0.05) is 23.7 Å². The third kappa shape index (κ3) is 5.44. The number of hydrogen-bond donors (Lipinski definition) is 2. The molecule has 1 amide bonds. The van der Waals surface area contributed by atoms with E-state index in [0.717, 1.165) is 0 Å². The van der Waals surface area contributed by atoms with Crippen molar-refractivity contribution < 1.29 is 14.5 Å². The number of amides is 1. The van der Waals surface area contributed by atoms with Crippen LogP contribution >= 0.6 is 11.6 Å². The van der Waals surface area contributed by atoms with E-state index >= 15 is 0 Å². The van der Waals surface area contributed by atoms with E-state index in [0.29, 0.717) is 29.5 Å². The van der Waals surface area contributed by atoms with E-state index in [1.807, 2.05) is 0 Å². The van der Waals surface area contributed by atoms with E-state index in [1.165, 1.54) is 6.07 Å². The molecule has 0 radical (unpaired) electrons. The Bertz CT molecular complexity index is 707. The predicted octanol–water partition coefficient (Wildman–Crippen LogP) is 2.86. The van der Waals surface area contributed by atoms with Crippen molar-refractivity contribution in [3.63, 3.8) is 0 Å². The van der Waals surface area contributed by atoms with E-state index in [4.69, 9.17) is 16.3 Å². The van der Waals surface area contributed by atoms with Gasteiger partial charge in [0.25, 0.3) is 11.6 Å². The molecule has 0 aliphatic carbocycles. The van der Waals surface area contributed by atoms with Crippen LogP contribution in [-0.4, -0.2) is 30.5 Å². The monoisotopic (exact) mass is 349 g/mol. The first-order valence-electron chi connectivity index (χ1n) is 7.18. The molecule has 0 spiro atoms. The third-order valence-corrected chi connectivity index (χ3v) is 3.30. The normalized spacial score (nSPS) is 10.0. The van der Waals surface area contributed by atoms with E-state index in [1.54, 1.807) is 42.5 Å². The van der Waals surface area contributed by atoms with Gasteiger partial charge < -0.3 is 15.4 Å². The highest BCUT2D eigenvalue weighted by Gasteiger charge is 2.11. The van der Waals surface area contributed by atoms with Crippen molar-refractivity contribution in [2.24, 2.45) is 0 Å². The van der Waals surface area contributed by atoms with Crippen molar-refractivity contribution in [3.05, 3.63) is 63.7 Å². The summed E-state index contributed by atoms with van der Waals surface area (Å²) in [4.78, 5) is 22.1. The van der Waals surface area contributed by atoms with Crippen molar-refractivity contribution in [2.45, 2.75) is 0 Å². The zero-order chi connectivity index (χ0) is 17.4. The zero-order valence-corrected chi connectivity index (χ0v) is 13.5. The van der Waals surface area contributed by atoms with Gasteiger partial charge in [-0.2, -0.15) is 0 Å². The van der Waals surface area contributed by atoms with Crippen molar-refractivity contribution in [2.75, 3.05) is 25.0 Å². The van der Waals surface area contributed by atoms with Gasteiger partial charge in [0.1, 0.15) is 11.4 Å². The molecule has 0 unspecified atom stereocenters. The van der Waals surface area contributed by atoms with Gasteiger partial charge in [-0.25, -0.2) is 0 Å². The molecule has 0 bridgehead atoms. The first-order valence-corrected chi connectivity index (χ1v) is 7.56. The smallest absolute Gasteiger partial charge is 0.292 e. The van der Waals surface area contributed by atoms with Gasteiger partial charge in [-0.15, -0.1) is 0 Å². The molecule has 0 heterocycles. The maximum Gasteiger partial charge on any atom is 0.292 e. The number of nitrogens with one attached hydrogen (secondary N) is 2. The third-order valence-electron chi connectivity index (χ3n) is 3.05. The van der Waals surface area contributed by atoms with E-state index in [-0.39, 0.29) is 18.2 Å². The standard InChI is InChI=1S/C16H16ClN3O4/c17-12-5-7-13(8-6-12)24-11-16(21)19-10-9-18-14-3-1-2-4-15(14)20(22)23/h1-8,18H,9-11H2,(H,19,21). The van der Waals surface area contributed by atoms with Crippen LogP contribution in [0.5, 0.6) is 5.75 Å². The lowest BCUT2D eigenvalue weighted by Gasteiger charge is -2.09. The average Bonchev–Trinajstić information content (AvgIpc) is 2.58. The Balaban J connectivity index is 1.69. The van der Waals surface area contributed by atoms with Gasteiger partial charge in [-0.3, -0.25) is 14.9 Å². The molecule has 2 rings (SSSR count). The summed E-state index contributed by atoms with van der Waals surface area (Å²) in [5.41, 5.74) is 0.407. The van der Waals surface area contributed by atoms with Crippen LogP contribution in [0.4, 0.5) is 11.4 Å². The highest BCUT2D eigenvalue weighted by molar-refractivity contribution is 6.30. The van der Waals surface area contributed by atoms with E-state index in [2.05, 4.69) is 10.6 Å². The Hall–Kier alpha value is -2.80. The van der Waals surface area contributed by atoms with Gasteiger partial charge in [-0.05, 0) is 30.3 Å². The lowest BCUT2D eigenvalue weighted by atomic mass is 10.2. The summed E-state index contributed by atoms with van der Waals surface area (Å²) in [6, 6.07) is 13.0. The van der Waals surface area contributed by atoms with Crippen LogP contribution in [0.2, 0.25) is 5.02 Å². The maximum atomic E-state index is 11.7. The van der Waals surface area contributed by atoms with E-state index in [9.17, 15) is 14.9 Å². The quantitative estimate of drug-likeness (QED) is 0.434. The summed E-state index contributed by atoms with van der Waals surface area (Å²) in [6.07, 6.45) is 0. The van der Waals surface area contributed by atoms with Crippen LogP contribution in [0.3, 0.4) is 0 Å². The van der Waals surface area contributed by atoms with Gasteiger partial charge in [0.05, 0.1) is 4.92 Å². The number of para-hydroxylation sites is 2. The highest BCUT2D eigenvalue weighted by Crippen LogP contribution is 2.22. The summed E-state index contributed by atoms with van der Waals surface area (Å²) < 4.78 is 5.31. The molecule has 7 nitrogen and oxygen atoms in total. The molecular weight excluding hydrogens is 334 g/mol. The van der Waals surface area contributed by atoms with Crippen LogP contribution in [0.1, 0.15) is 0 Å². The van der Waals surface area contributed by atoms with Gasteiger partial charge in [0.2, 0.25) is 0 Å². The minimum Gasteiger partial charge on any atom is -0.484 e. The minimum absolute atomic E-state index is 0.00472. The molecule has 0 aliphatic heterocycles. The lowest BCUT2D eigenvalue weighted by molar-refractivity contribution is -0.384. The molecule has 126 valence electrons. The van der Waals surface area contributed by atoms with Crippen LogP contribution in [0, 0.1) is 10.1 Å². The lowest BCUT2D eigenvalue weighted by Crippen LogP contribution is -2.32. The van der Waals surface area contributed by atoms with Crippen LogP contribution in [-0.2, 0) is 4.79 Å². The summed E-state index contributed by atoms with van der Waals surface area (Å²) in [7, 11) is 0. The molecule has 2 aromatic rings. The number of nitro benzene ring substituents is 1. The summed E-state index contributed by atoms with van der Waals surface area (Å²) in [5, 5.41) is 17.0. The van der Waals surface area contributed by atoms with E-state index < -0.39 is 4.92 Å². The Kier molecular flexibility index (Phi) is 6.39. The Labute approximate surface area is 143 Å². The largest absolute Gasteiger partial charge is 0.484 e. The average molecular weight is 350 g/mol. The molecule has 24 heavy (non-hydrogen) atoms. The first-order chi connectivity index (χ1) is 11.6. The van der Waals surface area contributed by atoms with Crippen LogP contribution in [0.25, 0.3) is 0 Å². The zero-order valence-electron chi connectivity index (χ0n) is 12.7. The Morgan fingerprint density at radius 2 is 1.83 bits per heavy atom. The Morgan fingerprint density at radius 1 is 1.12 bits per heavy atom. The number of halogens is 1. The molecule has 2 N–H and O–H groups in total. The number of anilines is 1. The molecule has 0 saturated heterocycles. The van der Waals surface area contributed by atoms with Crippen LogP contribution in [0.15, 0.2) is 48.5 Å². The fraction of sp³-hybridized carbons (Fsp3) is 0.188. The number of carbonyl (C=O) groups is 1. The molecule has 0 aromatic heterocycles. The van der Waals surface area contributed by atoms with Crippen molar-refractivity contribution in [1.82, 2.24) is 5.32 Å². The molecule has 2 aromatic carbocycles. The van der Waals surface area contributed by atoms with Gasteiger partial charge >= 0.3 is 0 Å². The second kappa shape index (κ2) is 8.73. The maximum absolute atomic E-state index is 11.7.